The van der Waals surface area contributed by atoms with Gasteiger partial charge in [-0.05, 0) is 42.7 Å². The van der Waals surface area contributed by atoms with Gasteiger partial charge >= 0.3 is 12.1 Å². The molecule has 1 saturated heterocycles. The van der Waals surface area contributed by atoms with Gasteiger partial charge in [0.15, 0.2) is 0 Å². The van der Waals surface area contributed by atoms with E-state index < -0.39 is 18.1 Å². The highest BCUT2D eigenvalue weighted by molar-refractivity contribution is 5.85. The van der Waals surface area contributed by atoms with Crippen molar-refractivity contribution in [2.24, 2.45) is 0 Å². The SMILES string of the molecule is CCc1nc(-c2ccc3c(c2)N(C)c2ccccc2[C@H]2C[C@H](NC(=O)C(F)(F)F)CCN32)no1. The number of nitrogens with one attached hydrogen (secondary N) is 1. The minimum atomic E-state index is -4.89. The summed E-state index contributed by atoms with van der Waals surface area (Å²) >= 11 is 0. The molecule has 1 fully saturated rings. The zero-order chi connectivity index (χ0) is 24.0. The normalized spacial score (nSPS) is 19.7. The molecule has 2 aliphatic rings. The minimum Gasteiger partial charge on any atom is -0.363 e. The summed E-state index contributed by atoms with van der Waals surface area (Å²) in [6.07, 6.45) is -3.46. The van der Waals surface area contributed by atoms with E-state index in [0.717, 1.165) is 28.2 Å². The molecule has 1 aromatic heterocycles. The van der Waals surface area contributed by atoms with Crippen molar-refractivity contribution in [1.82, 2.24) is 15.5 Å². The predicted molar refractivity (Wildman–Crippen MR) is 121 cm³/mol. The Kier molecular flexibility index (Phi) is 5.45. The summed E-state index contributed by atoms with van der Waals surface area (Å²) in [5, 5.41) is 6.27. The van der Waals surface area contributed by atoms with Crippen LogP contribution in [0.3, 0.4) is 0 Å². The monoisotopic (exact) mass is 471 g/mol. The number of carbonyl (C=O) groups excluding carboxylic acids is 1. The molecule has 0 bridgehead atoms. The smallest absolute Gasteiger partial charge is 0.363 e. The van der Waals surface area contributed by atoms with E-state index in [1.807, 2.05) is 56.4 Å². The van der Waals surface area contributed by atoms with Crippen LogP contribution in [0.4, 0.5) is 30.2 Å². The lowest BCUT2D eigenvalue weighted by molar-refractivity contribution is -0.174. The number of carbonyl (C=O) groups is 1. The number of anilines is 3. The van der Waals surface area contributed by atoms with Gasteiger partial charge in [0.25, 0.3) is 0 Å². The van der Waals surface area contributed by atoms with Crippen molar-refractivity contribution < 1.29 is 22.5 Å². The number of para-hydroxylation sites is 1. The Labute approximate surface area is 194 Å². The van der Waals surface area contributed by atoms with Crippen LogP contribution in [-0.2, 0) is 11.2 Å². The molecule has 10 heteroatoms. The van der Waals surface area contributed by atoms with Gasteiger partial charge in [0, 0.05) is 37.3 Å². The summed E-state index contributed by atoms with van der Waals surface area (Å²) in [6.45, 7) is 2.45. The minimum absolute atomic E-state index is 0.185. The van der Waals surface area contributed by atoms with Crippen LogP contribution in [0.2, 0.25) is 0 Å². The van der Waals surface area contributed by atoms with Crippen LogP contribution in [0.1, 0.15) is 37.3 Å². The summed E-state index contributed by atoms with van der Waals surface area (Å²) in [5.74, 6) is -0.816. The van der Waals surface area contributed by atoms with E-state index in [2.05, 4.69) is 25.3 Å². The first-order chi connectivity index (χ1) is 16.3. The van der Waals surface area contributed by atoms with Crippen molar-refractivity contribution >= 4 is 23.0 Å². The molecule has 5 rings (SSSR count). The van der Waals surface area contributed by atoms with Gasteiger partial charge in [-0.2, -0.15) is 18.2 Å². The van der Waals surface area contributed by atoms with Crippen LogP contribution in [0.25, 0.3) is 11.4 Å². The van der Waals surface area contributed by atoms with E-state index in [4.69, 9.17) is 4.52 Å². The van der Waals surface area contributed by atoms with E-state index in [1.54, 1.807) is 0 Å². The number of amides is 1. The zero-order valence-electron chi connectivity index (χ0n) is 18.8. The fourth-order valence-corrected chi connectivity index (χ4v) is 4.84. The van der Waals surface area contributed by atoms with Gasteiger partial charge in [0.05, 0.1) is 17.4 Å². The summed E-state index contributed by atoms with van der Waals surface area (Å²) < 4.78 is 43.8. The number of aryl methyl sites for hydroxylation is 1. The molecule has 0 aliphatic carbocycles. The highest BCUT2D eigenvalue weighted by Gasteiger charge is 2.42. The van der Waals surface area contributed by atoms with Crippen LogP contribution in [-0.4, -0.2) is 41.9 Å². The molecular weight excluding hydrogens is 447 g/mol. The molecule has 1 N–H and O–H groups in total. The summed E-state index contributed by atoms with van der Waals surface area (Å²) in [7, 11) is 1.97. The predicted octanol–water partition coefficient (Wildman–Crippen LogP) is 4.77. The molecule has 3 aromatic rings. The van der Waals surface area contributed by atoms with Gasteiger partial charge in [-0.3, -0.25) is 4.79 Å². The van der Waals surface area contributed by atoms with Crippen LogP contribution in [0.15, 0.2) is 47.0 Å². The molecule has 2 aromatic carbocycles. The van der Waals surface area contributed by atoms with Gasteiger partial charge in [0.2, 0.25) is 11.7 Å². The molecule has 0 radical (unpaired) electrons. The first-order valence-corrected chi connectivity index (χ1v) is 11.2. The van der Waals surface area contributed by atoms with Crippen LogP contribution >= 0.6 is 0 Å². The molecule has 7 nitrogen and oxygen atoms in total. The molecule has 34 heavy (non-hydrogen) atoms. The third-order valence-electron chi connectivity index (χ3n) is 6.53. The fraction of sp³-hybridized carbons (Fsp3) is 0.375. The number of aromatic nitrogens is 2. The number of alkyl halides is 3. The topological polar surface area (TPSA) is 74.5 Å². The average molecular weight is 471 g/mol. The average Bonchev–Trinajstić information content (AvgIpc) is 3.29. The quantitative estimate of drug-likeness (QED) is 0.593. The Hall–Kier alpha value is -3.56. The molecule has 178 valence electrons. The van der Waals surface area contributed by atoms with Gasteiger partial charge in [-0.25, -0.2) is 0 Å². The molecule has 0 saturated carbocycles. The van der Waals surface area contributed by atoms with Gasteiger partial charge in [0.1, 0.15) is 0 Å². The lowest BCUT2D eigenvalue weighted by Gasteiger charge is -2.41. The second-order valence-corrected chi connectivity index (χ2v) is 8.59. The summed E-state index contributed by atoms with van der Waals surface area (Å²) in [4.78, 5) is 20.3. The third kappa shape index (κ3) is 3.86. The van der Waals surface area contributed by atoms with Gasteiger partial charge in [-0.15, -0.1) is 0 Å². The lowest BCUT2D eigenvalue weighted by Crippen LogP contribution is -2.49. The Balaban J connectivity index is 1.54. The van der Waals surface area contributed by atoms with Crippen molar-refractivity contribution in [1.29, 1.82) is 0 Å². The first kappa shape index (κ1) is 22.2. The van der Waals surface area contributed by atoms with Crippen molar-refractivity contribution in [3.63, 3.8) is 0 Å². The van der Waals surface area contributed by atoms with Gasteiger partial charge in [-0.1, -0.05) is 30.3 Å². The number of hydrogen-bond donors (Lipinski definition) is 1. The number of benzene rings is 2. The second kappa shape index (κ2) is 8.34. The number of halogens is 3. The van der Waals surface area contributed by atoms with Crippen molar-refractivity contribution in [3.05, 3.63) is 53.9 Å². The molecule has 1 amide bonds. The maximum atomic E-state index is 12.8. The van der Waals surface area contributed by atoms with Crippen molar-refractivity contribution in [2.75, 3.05) is 23.4 Å². The number of piperidine rings is 1. The zero-order valence-corrected chi connectivity index (χ0v) is 18.8. The van der Waals surface area contributed by atoms with Crippen molar-refractivity contribution in [2.45, 2.75) is 44.4 Å². The van der Waals surface area contributed by atoms with E-state index in [0.29, 0.717) is 37.5 Å². The van der Waals surface area contributed by atoms with Crippen LogP contribution in [0, 0.1) is 0 Å². The molecule has 0 unspecified atom stereocenters. The number of hydrogen-bond acceptors (Lipinski definition) is 6. The van der Waals surface area contributed by atoms with Crippen LogP contribution < -0.4 is 15.1 Å². The Morgan fingerprint density at radius 2 is 1.97 bits per heavy atom. The Bertz CT molecular complexity index is 1230. The molecule has 0 spiro atoms. The maximum Gasteiger partial charge on any atom is 0.471 e. The largest absolute Gasteiger partial charge is 0.471 e. The fourth-order valence-electron chi connectivity index (χ4n) is 4.84. The second-order valence-electron chi connectivity index (χ2n) is 8.59. The molecule has 2 aliphatic heterocycles. The molecular formula is C24H24F3N5O2. The third-order valence-corrected chi connectivity index (χ3v) is 6.53. The highest BCUT2D eigenvalue weighted by atomic mass is 19.4. The van der Waals surface area contributed by atoms with Crippen molar-refractivity contribution in [3.8, 4) is 11.4 Å². The van der Waals surface area contributed by atoms with Gasteiger partial charge < -0.3 is 19.6 Å². The Morgan fingerprint density at radius 1 is 1.18 bits per heavy atom. The maximum absolute atomic E-state index is 12.8. The molecule has 2 atom stereocenters. The van der Waals surface area contributed by atoms with E-state index in [9.17, 15) is 18.0 Å². The number of fused-ring (bicyclic) bond motifs is 5. The highest BCUT2D eigenvalue weighted by Crippen LogP contribution is 2.48. The van der Waals surface area contributed by atoms with Crippen LogP contribution in [0.5, 0.6) is 0 Å². The first-order valence-electron chi connectivity index (χ1n) is 11.2. The summed E-state index contributed by atoms with van der Waals surface area (Å²) in [5.41, 5.74) is 4.68. The standard InChI is InChI=1S/C24H24F3N5O2/c1-3-21-29-22(30-34-21)14-8-9-18-20(12-14)31(2)17-7-5-4-6-16(17)19-13-15(10-11-32(18)19)28-23(33)24(25,26)27/h4-9,12,15,19H,3,10-11,13H2,1-2H3,(H,28,33)/t15-,19-/m1/s1. The van der Waals surface area contributed by atoms with E-state index in [1.165, 1.54) is 0 Å². The van der Waals surface area contributed by atoms with E-state index in [-0.39, 0.29) is 6.04 Å². The lowest BCUT2D eigenvalue weighted by atomic mass is 9.90. The number of nitrogens with zero attached hydrogens (tertiary/aromatic N) is 4. The Morgan fingerprint density at radius 3 is 2.71 bits per heavy atom. The summed E-state index contributed by atoms with van der Waals surface area (Å²) in [6, 6.07) is 13.0. The van der Waals surface area contributed by atoms with E-state index >= 15 is 0 Å². The molecule has 3 heterocycles. The number of rotatable bonds is 3.